The number of carbonyl (C=O) groups is 1. The van der Waals surface area contributed by atoms with Crippen LogP contribution in [0.1, 0.15) is 34.3 Å². The molecule has 1 aliphatic carbocycles. The van der Waals surface area contributed by atoms with Crippen molar-refractivity contribution >= 4 is 11.8 Å². The van der Waals surface area contributed by atoms with Crippen molar-refractivity contribution in [1.82, 2.24) is 4.98 Å². The highest BCUT2D eigenvalue weighted by Gasteiger charge is 2.24. The first kappa shape index (κ1) is 13.6. The van der Waals surface area contributed by atoms with E-state index in [2.05, 4.69) is 34.6 Å². The maximum Gasteiger partial charge on any atom is 0.339 e. The molecule has 0 aliphatic heterocycles. The first-order chi connectivity index (χ1) is 10.3. The molecular weight excluding hydrogens is 264 g/mol. The van der Waals surface area contributed by atoms with Crippen molar-refractivity contribution < 1.29 is 9.53 Å². The Balaban J connectivity index is 1.56. The molecule has 4 heteroatoms. The number of anilines is 1. The second-order valence-electron chi connectivity index (χ2n) is 5.13. The number of ether oxygens (including phenoxy) is 1. The number of hydrogen-bond acceptors (Lipinski definition) is 4. The average Bonchev–Trinajstić information content (AvgIpc) is 2.49. The summed E-state index contributed by atoms with van der Waals surface area (Å²) in [5.41, 5.74) is 3.35. The minimum atomic E-state index is -0.329. The molecule has 0 amide bonds. The fraction of sp³-hybridized carbons (Fsp3) is 0.294. The molecule has 1 heterocycles. The molecule has 21 heavy (non-hydrogen) atoms. The monoisotopic (exact) mass is 282 g/mol. The Bertz CT molecular complexity index is 637. The molecule has 108 valence electrons. The summed E-state index contributed by atoms with van der Waals surface area (Å²) in [4.78, 5) is 15.8. The average molecular weight is 282 g/mol. The number of carbonyl (C=O) groups excluding carboxylic acids is 1. The van der Waals surface area contributed by atoms with E-state index in [4.69, 9.17) is 4.74 Å². The van der Waals surface area contributed by atoms with Crippen molar-refractivity contribution in [1.29, 1.82) is 0 Å². The number of nitrogens with zero attached hydrogens (tertiary/aromatic N) is 1. The molecule has 1 atom stereocenters. The summed E-state index contributed by atoms with van der Waals surface area (Å²) < 4.78 is 4.93. The molecule has 1 aromatic heterocycles. The van der Waals surface area contributed by atoms with Gasteiger partial charge in [-0.25, -0.2) is 9.78 Å². The van der Waals surface area contributed by atoms with Crippen LogP contribution in [0.25, 0.3) is 0 Å². The van der Waals surface area contributed by atoms with Gasteiger partial charge in [0.2, 0.25) is 0 Å². The van der Waals surface area contributed by atoms with Gasteiger partial charge in [-0.05, 0) is 36.6 Å². The van der Waals surface area contributed by atoms with Gasteiger partial charge in [0.25, 0.3) is 0 Å². The fourth-order valence-electron chi connectivity index (χ4n) is 2.61. The number of aromatic nitrogens is 1. The van der Waals surface area contributed by atoms with Crippen LogP contribution in [0.4, 0.5) is 5.82 Å². The Labute approximate surface area is 124 Å². The van der Waals surface area contributed by atoms with Gasteiger partial charge in [-0.15, -0.1) is 0 Å². The number of fused-ring (bicyclic) bond motifs is 1. The van der Waals surface area contributed by atoms with Crippen LogP contribution in [-0.4, -0.2) is 24.1 Å². The van der Waals surface area contributed by atoms with Gasteiger partial charge >= 0.3 is 5.97 Å². The summed E-state index contributed by atoms with van der Waals surface area (Å²) >= 11 is 0. The number of rotatable bonds is 5. The number of hydrogen-bond donors (Lipinski definition) is 1. The Kier molecular flexibility index (Phi) is 3.86. The summed E-state index contributed by atoms with van der Waals surface area (Å²) in [6.07, 6.45) is 2.67. The molecule has 1 aliphatic rings. The quantitative estimate of drug-likeness (QED) is 0.856. The molecule has 0 fully saturated rings. The van der Waals surface area contributed by atoms with Crippen LogP contribution in [0.3, 0.4) is 0 Å². The minimum absolute atomic E-state index is 0.329. The third kappa shape index (κ3) is 2.89. The van der Waals surface area contributed by atoms with Crippen molar-refractivity contribution in [2.24, 2.45) is 0 Å². The molecule has 3 rings (SSSR count). The first-order valence-electron chi connectivity index (χ1n) is 7.22. The SMILES string of the molecule is CCOC(=O)c1ccc(NCC2Cc3ccccc32)nc1. The van der Waals surface area contributed by atoms with Crippen molar-refractivity contribution in [3.63, 3.8) is 0 Å². The van der Waals surface area contributed by atoms with Crippen LogP contribution in [0.15, 0.2) is 42.6 Å². The Morgan fingerprint density at radius 1 is 1.33 bits per heavy atom. The molecule has 1 N–H and O–H groups in total. The molecule has 0 saturated heterocycles. The molecule has 0 saturated carbocycles. The van der Waals surface area contributed by atoms with Gasteiger partial charge in [0.1, 0.15) is 5.82 Å². The van der Waals surface area contributed by atoms with E-state index < -0.39 is 0 Å². The van der Waals surface area contributed by atoms with Gasteiger partial charge in [0.05, 0.1) is 12.2 Å². The van der Waals surface area contributed by atoms with Gasteiger partial charge in [-0.2, -0.15) is 0 Å². The van der Waals surface area contributed by atoms with Crippen LogP contribution >= 0.6 is 0 Å². The summed E-state index contributed by atoms with van der Waals surface area (Å²) in [6, 6.07) is 12.1. The molecule has 2 aromatic rings. The van der Waals surface area contributed by atoms with E-state index in [1.54, 1.807) is 19.2 Å². The zero-order valence-electron chi connectivity index (χ0n) is 12.0. The van der Waals surface area contributed by atoms with E-state index in [0.717, 1.165) is 18.8 Å². The maximum absolute atomic E-state index is 11.5. The van der Waals surface area contributed by atoms with E-state index in [1.165, 1.54) is 11.1 Å². The summed E-state index contributed by atoms with van der Waals surface area (Å²) in [5.74, 6) is 1.00. The zero-order valence-corrected chi connectivity index (χ0v) is 12.0. The largest absolute Gasteiger partial charge is 0.462 e. The van der Waals surface area contributed by atoms with Crippen molar-refractivity contribution in [3.05, 3.63) is 59.3 Å². The Hall–Kier alpha value is -2.36. The van der Waals surface area contributed by atoms with E-state index in [9.17, 15) is 4.79 Å². The molecule has 1 aromatic carbocycles. The Morgan fingerprint density at radius 3 is 2.90 bits per heavy atom. The van der Waals surface area contributed by atoms with Crippen molar-refractivity contribution in [2.45, 2.75) is 19.3 Å². The molecule has 0 radical (unpaired) electrons. The number of pyridine rings is 1. The zero-order chi connectivity index (χ0) is 14.7. The van der Waals surface area contributed by atoms with E-state index in [0.29, 0.717) is 18.1 Å². The summed E-state index contributed by atoms with van der Waals surface area (Å²) in [6.45, 7) is 3.03. The topological polar surface area (TPSA) is 51.2 Å². The molecule has 0 bridgehead atoms. The van der Waals surface area contributed by atoms with Gasteiger partial charge < -0.3 is 10.1 Å². The molecular formula is C17H18N2O2. The summed E-state index contributed by atoms with van der Waals surface area (Å²) in [5, 5.41) is 3.32. The van der Waals surface area contributed by atoms with E-state index in [1.807, 2.05) is 6.07 Å². The highest BCUT2D eigenvalue weighted by atomic mass is 16.5. The number of esters is 1. The lowest BCUT2D eigenvalue weighted by Crippen LogP contribution is -2.24. The fourth-order valence-corrected chi connectivity index (χ4v) is 2.61. The third-order valence-electron chi connectivity index (χ3n) is 3.77. The molecule has 0 spiro atoms. The number of nitrogens with one attached hydrogen (secondary N) is 1. The predicted octanol–water partition coefficient (Wildman–Crippen LogP) is 3.01. The Morgan fingerprint density at radius 2 is 2.19 bits per heavy atom. The van der Waals surface area contributed by atoms with Gasteiger partial charge in [-0.1, -0.05) is 24.3 Å². The van der Waals surface area contributed by atoms with Gasteiger partial charge in [-0.3, -0.25) is 0 Å². The second-order valence-corrected chi connectivity index (χ2v) is 5.13. The first-order valence-corrected chi connectivity index (χ1v) is 7.22. The highest BCUT2D eigenvalue weighted by Crippen LogP contribution is 2.34. The van der Waals surface area contributed by atoms with Crippen LogP contribution in [0.5, 0.6) is 0 Å². The normalized spacial score (nSPS) is 15.8. The van der Waals surface area contributed by atoms with Crippen molar-refractivity contribution in [3.8, 4) is 0 Å². The van der Waals surface area contributed by atoms with Crippen LogP contribution < -0.4 is 5.32 Å². The van der Waals surface area contributed by atoms with Crippen molar-refractivity contribution in [2.75, 3.05) is 18.5 Å². The van der Waals surface area contributed by atoms with Crippen LogP contribution in [0, 0.1) is 0 Å². The van der Waals surface area contributed by atoms with E-state index >= 15 is 0 Å². The summed E-state index contributed by atoms with van der Waals surface area (Å²) in [7, 11) is 0. The van der Waals surface area contributed by atoms with Crippen LogP contribution in [0.2, 0.25) is 0 Å². The smallest absolute Gasteiger partial charge is 0.339 e. The predicted molar refractivity (Wildman–Crippen MR) is 81.6 cm³/mol. The lowest BCUT2D eigenvalue weighted by atomic mass is 9.77. The van der Waals surface area contributed by atoms with Gasteiger partial charge in [0.15, 0.2) is 0 Å². The van der Waals surface area contributed by atoms with Crippen LogP contribution in [-0.2, 0) is 11.2 Å². The van der Waals surface area contributed by atoms with E-state index in [-0.39, 0.29) is 5.97 Å². The minimum Gasteiger partial charge on any atom is -0.462 e. The highest BCUT2D eigenvalue weighted by molar-refractivity contribution is 5.89. The molecule has 1 unspecified atom stereocenters. The number of benzene rings is 1. The third-order valence-corrected chi connectivity index (χ3v) is 3.77. The second kappa shape index (κ2) is 5.95. The van der Waals surface area contributed by atoms with Gasteiger partial charge in [0, 0.05) is 18.7 Å². The lowest BCUT2D eigenvalue weighted by Gasteiger charge is -2.30. The molecule has 4 nitrogen and oxygen atoms in total. The standard InChI is InChI=1S/C17H18N2O2/c1-2-21-17(20)13-7-8-16(18-10-13)19-11-14-9-12-5-3-4-6-15(12)14/h3-8,10,14H,2,9,11H2,1H3,(H,18,19). The lowest BCUT2D eigenvalue weighted by molar-refractivity contribution is 0.0526. The maximum atomic E-state index is 11.5.